The molecule has 1 heterocycles. The minimum atomic E-state index is -3.87. The van der Waals surface area contributed by atoms with Gasteiger partial charge in [0.05, 0.1) is 0 Å². The van der Waals surface area contributed by atoms with Crippen molar-refractivity contribution in [2.45, 2.75) is 4.90 Å². The van der Waals surface area contributed by atoms with Gasteiger partial charge in [-0.3, -0.25) is 4.79 Å². The van der Waals surface area contributed by atoms with Crippen LogP contribution < -0.4 is 15.5 Å². The van der Waals surface area contributed by atoms with Crippen LogP contribution in [0.5, 0.6) is 0 Å². The van der Waals surface area contributed by atoms with Crippen molar-refractivity contribution in [1.82, 2.24) is 19.9 Å². The Morgan fingerprint density at radius 2 is 2.05 bits per heavy atom. The number of carbonyl (C=O) groups excluding carboxylic acids is 1. The predicted octanol–water partition coefficient (Wildman–Crippen LogP) is -1.08. The summed E-state index contributed by atoms with van der Waals surface area (Å²) in [6.07, 6.45) is 2.46. The van der Waals surface area contributed by atoms with Crippen LogP contribution >= 0.6 is 0 Å². The quantitative estimate of drug-likeness (QED) is 0.599. The largest absolute Gasteiger partial charge is 0.366 e. The number of nitrogens with one attached hydrogen (secondary N) is 3. The number of aromatic nitrogens is 1. The highest BCUT2D eigenvalue weighted by molar-refractivity contribution is 7.89. The fourth-order valence-corrected chi connectivity index (χ4v) is 2.28. The van der Waals surface area contributed by atoms with Gasteiger partial charge in [-0.05, 0) is 0 Å². The van der Waals surface area contributed by atoms with E-state index < -0.39 is 15.5 Å². The van der Waals surface area contributed by atoms with Gasteiger partial charge in [-0.25, -0.2) is 17.9 Å². The highest BCUT2D eigenvalue weighted by atomic mass is 32.2. The van der Waals surface area contributed by atoms with E-state index in [0.29, 0.717) is 0 Å². The van der Waals surface area contributed by atoms with Crippen LogP contribution in [-0.4, -0.2) is 51.5 Å². The summed E-state index contributed by atoms with van der Waals surface area (Å²) < 4.78 is 25.8. The molecule has 0 aromatic carbocycles. The maximum Gasteiger partial charge on any atom is 0.316 e. The highest BCUT2D eigenvalue weighted by Gasteiger charge is 2.16. The number of carbonyl (C=O) groups is 1. The number of pyridine rings is 1. The van der Waals surface area contributed by atoms with E-state index >= 15 is 0 Å². The molecule has 3 N–H and O–H groups in total. The molecule has 0 bridgehead atoms. The lowest BCUT2D eigenvalue weighted by Crippen LogP contribution is -2.40. The molecule has 1 aromatic rings. The summed E-state index contributed by atoms with van der Waals surface area (Å²) in [5, 5.41) is 2.49. The molecule has 0 aliphatic rings. The molecule has 106 valence electrons. The first-order valence-corrected chi connectivity index (χ1v) is 6.95. The normalized spacial score (nSPS) is 11.1. The number of hydrogen-bond acceptors (Lipinski definition) is 4. The van der Waals surface area contributed by atoms with Crippen LogP contribution in [0.25, 0.3) is 0 Å². The van der Waals surface area contributed by atoms with Crippen LogP contribution in [0.2, 0.25) is 0 Å². The summed E-state index contributed by atoms with van der Waals surface area (Å²) in [7, 11) is -0.723. The number of aromatic amines is 1. The summed E-state index contributed by atoms with van der Waals surface area (Å²) in [6, 6.07) is 0.805. The molecule has 8 nitrogen and oxygen atoms in total. The molecule has 0 aliphatic heterocycles. The van der Waals surface area contributed by atoms with Gasteiger partial charge >= 0.3 is 6.03 Å². The van der Waals surface area contributed by atoms with Gasteiger partial charge in [-0.15, -0.1) is 0 Å². The minimum absolute atomic E-state index is 0.00372. The number of sulfonamides is 1. The van der Waals surface area contributed by atoms with Crippen molar-refractivity contribution in [2.75, 3.05) is 27.2 Å². The summed E-state index contributed by atoms with van der Waals surface area (Å²) in [5.41, 5.74) is -0.594. The lowest BCUT2D eigenvalue weighted by atomic mass is 10.5. The third kappa shape index (κ3) is 4.38. The van der Waals surface area contributed by atoms with E-state index in [0.717, 1.165) is 12.3 Å². The van der Waals surface area contributed by atoms with E-state index in [1.807, 2.05) is 0 Å². The fourth-order valence-electron chi connectivity index (χ4n) is 1.20. The smallest absolute Gasteiger partial charge is 0.316 e. The van der Waals surface area contributed by atoms with Crippen molar-refractivity contribution >= 4 is 16.1 Å². The summed E-state index contributed by atoms with van der Waals surface area (Å²) >= 11 is 0. The van der Waals surface area contributed by atoms with E-state index in [9.17, 15) is 18.0 Å². The summed E-state index contributed by atoms with van der Waals surface area (Å²) in [5.74, 6) is 0. The van der Waals surface area contributed by atoms with Gasteiger partial charge in [0.2, 0.25) is 15.5 Å². The van der Waals surface area contributed by atoms with E-state index in [2.05, 4.69) is 15.0 Å². The maximum atomic E-state index is 11.8. The number of urea groups is 1. The second kappa shape index (κ2) is 6.34. The van der Waals surface area contributed by atoms with E-state index in [1.54, 1.807) is 14.1 Å². The zero-order chi connectivity index (χ0) is 14.5. The second-order valence-electron chi connectivity index (χ2n) is 3.90. The summed E-state index contributed by atoms with van der Waals surface area (Å²) in [4.78, 5) is 26.1. The van der Waals surface area contributed by atoms with E-state index in [1.165, 1.54) is 11.1 Å². The molecule has 0 atom stereocenters. The molecule has 9 heteroatoms. The number of hydrogen-bond donors (Lipinski definition) is 3. The Morgan fingerprint density at radius 3 is 2.63 bits per heavy atom. The molecule has 0 saturated carbocycles. The second-order valence-corrected chi connectivity index (χ2v) is 5.63. The van der Waals surface area contributed by atoms with E-state index in [4.69, 9.17) is 0 Å². The molecular weight excluding hydrogens is 272 g/mol. The minimum Gasteiger partial charge on any atom is -0.366 e. The predicted molar refractivity (Wildman–Crippen MR) is 69.3 cm³/mol. The number of nitrogens with zero attached hydrogens (tertiary/aromatic N) is 1. The highest BCUT2D eigenvalue weighted by Crippen LogP contribution is 1.98. The standard InChI is InChI=1S/C10H16N4O4S/c1-14(2)10(16)12-5-6-13-19(17,18)9-7-11-4-3-8(9)15/h3-4,7,13H,5-6H2,1-2H3,(H,11,15)(H,12,16). The zero-order valence-corrected chi connectivity index (χ0v) is 11.5. The summed E-state index contributed by atoms with van der Waals surface area (Å²) in [6.45, 7) is 0.122. The molecule has 0 saturated heterocycles. The van der Waals surface area contributed by atoms with Crippen LogP contribution in [0.4, 0.5) is 4.79 Å². The van der Waals surface area contributed by atoms with Gasteiger partial charge in [-0.2, -0.15) is 0 Å². The Bertz CT molecular complexity index is 594. The number of H-pyrrole nitrogens is 1. The van der Waals surface area contributed by atoms with Gasteiger partial charge in [-0.1, -0.05) is 0 Å². The SMILES string of the molecule is CN(C)C(=O)NCCNS(=O)(=O)c1c[nH]ccc1=O. The van der Waals surface area contributed by atoms with Crippen LogP contribution in [0.15, 0.2) is 28.2 Å². The number of rotatable bonds is 5. The average Bonchev–Trinajstić information content (AvgIpc) is 2.34. The molecule has 0 aliphatic carbocycles. The molecule has 1 rings (SSSR count). The Balaban J connectivity index is 2.56. The Morgan fingerprint density at radius 1 is 1.37 bits per heavy atom. The third-order valence-electron chi connectivity index (χ3n) is 2.18. The first kappa shape index (κ1) is 15.2. The first-order valence-electron chi connectivity index (χ1n) is 5.46. The van der Waals surface area contributed by atoms with E-state index in [-0.39, 0.29) is 24.0 Å². The van der Waals surface area contributed by atoms with Crippen LogP contribution in [0, 0.1) is 0 Å². The van der Waals surface area contributed by atoms with Gasteiger partial charge in [0, 0.05) is 45.6 Å². The van der Waals surface area contributed by atoms with Crippen molar-refractivity contribution in [1.29, 1.82) is 0 Å². The average molecular weight is 288 g/mol. The van der Waals surface area contributed by atoms with Gasteiger partial charge < -0.3 is 15.2 Å². The first-order chi connectivity index (χ1) is 8.84. The molecule has 0 unspecified atom stereocenters. The topological polar surface area (TPSA) is 111 Å². The van der Waals surface area contributed by atoms with Crippen molar-refractivity contribution in [2.24, 2.45) is 0 Å². The third-order valence-corrected chi connectivity index (χ3v) is 3.66. The van der Waals surface area contributed by atoms with Crippen molar-refractivity contribution < 1.29 is 13.2 Å². The Kier molecular flexibility index (Phi) is 5.07. The zero-order valence-electron chi connectivity index (χ0n) is 10.6. The van der Waals surface area contributed by atoms with Crippen molar-refractivity contribution in [3.63, 3.8) is 0 Å². The van der Waals surface area contributed by atoms with Gasteiger partial charge in [0.15, 0.2) is 0 Å². The Labute approximate surface area is 110 Å². The Hall–Kier alpha value is -1.87. The van der Waals surface area contributed by atoms with Crippen LogP contribution in [-0.2, 0) is 10.0 Å². The molecular formula is C10H16N4O4S. The molecule has 2 amide bonds. The molecule has 1 aromatic heterocycles. The van der Waals surface area contributed by atoms with Gasteiger partial charge in [0.25, 0.3) is 0 Å². The lowest BCUT2D eigenvalue weighted by molar-refractivity contribution is 0.217. The molecule has 0 spiro atoms. The molecule has 19 heavy (non-hydrogen) atoms. The lowest BCUT2D eigenvalue weighted by Gasteiger charge is -2.12. The van der Waals surface area contributed by atoms with Crippen LogP contribution in [0.3, 0.4) is 0 Å². The molecule has 0 fully saturated rings. The fraction of sp³-hybridized carbons (Fsp3) is 0.400. The maximum absolute atomic E-state index is 11.8. The van der Waals surface area contributed by atoms with Crippen LogP contribution in [0.1, 0.15) is 0 Å². The molecule has 0 radical (unpaired) electrons. The van der Waals surface area contributed by atoms with Gasteiger partial charge in [0.1, 0.15) is 4.90 Å². The van der Waals surface area contributed by atoms with Crippen molar-refractivity contribution in [3.05, 3.63) is 28.7 Å². The monoisotopic (exact) mass is 288 g/mol. The number of amides is 2. The van der Waals surface area contributed by atoms with Crippen molar-refractivity contribution in [3.8, 4) is 0 Å².